The highest BCUT2D eigenvalue weighted by molar-refractivity contribution is 5.78. The van der Waals surface area contributed by atoms with Crippen LogP contribution in [0.4, 0.5) is 0 Å². The summed E-state index contributed by atoms with van der Waals surface area (Å²) in [7, 11) is 0. The quantitative estimate of drug-likeness (QED) is 0.504. The van der Waals surface area contributed by atoms with Gasteiger partial charge in [0.25, 0.3) is 0 Å². The molecule has 1 unspecified atom stereocenters. The average Bonchev–Trinajstić information content (AvgIpc) is 2.90. The third-order valence-electron chi connectivity index (χ3n) is 2.91. The van der Waals surface area contributed by atoms with Crippen LogP contribution < -0.4 is 11.1 Å². The van der Waals surface area contributed by atoms with Crippen molar-refractivity contribution in [3.8, 4) is 0 Å². The van der Waals surface area contributed by atoms with E-state index in [1.807, 2.05) is 0 Å². The molecular formula is C10H19N3. The van der Waals surface area contributed by atoms with E-state index in [1.165, 1.54) is 25.7 Å². The summed E-state index contributed by atoms with van der Waals surface area (Å²) in [4.78, 5) is 4.35. The lowest BCUT2D eigenvalue weighted by molar-refractivity contribution is 0.521. The number of nitrogens with one attached hydrogen (secondary N) is 1. The Hall–Kier alpha value is -0.730. The van der Waals surface area contributed by atoms with Crippen LogP contribution in [0.1, 0.15) is 32.6 Å². The highest BCUT2D eigenvalue weighted by Crippen LogP contribution is 2.36. The van der Waals surface area contributed by atoms with Crippen LogP contribution in [-0.2, 0) is 0 Å². The third-order valence-corrected chi connectivity index (χ3v) is 2.91. The highest BCUT2D eigenvalue weighted by Gasteiger charge is 2.27. The largest absolute Gasteiger partial charge is 0.370 e. The van der Waals surface area contributed by atoms with Crippen molar-refractivity contribution in [3.63, 3.8) is 0 Å². The fraction of sp³-hybridized carbons (Fsp3) is 0.900. The Kier molecular flexibility index (Phi) is 2.42. The summed E-state index contributed by atoms with van der Waals surface area (Å²) >= 11 is 0. The molecule has 2 aliphatic rings. The van der Waals surface area contributed by atoms with E-state index in [2.05, 4.69) is 17.2 Å². The molecule has 0 heterocycles. The first-order valence-electron chi connectivity index (χ1n) is 5.32. The molecule has 3 nitrogen and oxygen atoms in total. The van der Waals surface area contributed by atoms with Gasteiger partial charge in [-0.3, -0.25) is 4.99 Å². The fourth-order valence-corrected chi connectivity index (χ4v) is 1.54. The zero-order valence-corrected chi connectivity index (χ0v) is 8.29. The molecule has 0 saturated heterocycles. The van der Waals surface area contributed by atoms with Gasteiger partial charge in [0.05, 0.1) is 0 Å². The molecule has 2 saturated carbocycles. The molecule has 0 radical (unpaired) electrons. The topological polar surface area (TPSA) is 50.4 Å². The van der Waals surface area contributed by atoms with Crippen LogP contribution in [0.15, 0.2) is 4.99 Å². The van der Waals surface area contributed by atoms with E-state index < -0.39 is 0 Å². The first-order valence-corrected chi connectivity index (χ1v) is 5.32. The molecule has 0 spiro atoms. The number of nitrogens with two attached hydrogens (primary N) is 1. The van der Waals surface area contributed by atoms with E-state index in [1.54, 1.807) is 0 Å². The average molecular weight is 181 g/mol. The number of hydrogen-bond acceptors (Lipinski definition) is 1. The Bertz CT molecular complexity index is 204. The molecule has 3 heteroatoms. The Morgan fingerprint density at radius 1 is 1.46 bits per heavy atom. The molecule has 2 rings (SSSR count). The normalized spacial score (nSPS) is 25.8. The van der Waals surface area contributed by atoms with Crippen LogP contribution in [0, 0.1) is 11.8 Å². The molecular weight excluding hydrogens is 162 g/mol. The molecule has 0 bridgehead atoms. The van der Waals surface area contributed by atoms with Crippen LogP contribution in [0.25, 0.3) is 0 Å². The van der Waals surface area contributed by atoms with Crippen LogP contribution in [0.2, 0.25) is 0 Å². The van der Waals surface area contributed by atoms with Gasteiger partial charge < -0.3 is 11.1 Å². The standard InChI is InChI=1S/C10H19N3/c1-7(8-2-3-8)6-12-10(11)13-9-4-5-9/h7-9H,2-6H2,1H3,(H3,11,12,13). The van der Waals surface area contributed by atoms with Gasteiger partial charge in [-0.15, -0.1) is 0 Å². The maximum Gasteiger partial charge on any atom is 0.188 e. The van der Waals surface area contributed by atoms with E-state index in [-0.39, 0.29) is 0 Å². The molecule has 2 fully saturated rings. The van der Waals surface area contributed by atoms with Gasteiger partial charge >= 0.3 is 0 Å². The van der Waals surface area contributed by atoms with Gasteiger partial charge in [0.2, 0.25) is 0 Å². The maximum atomic E-state index is 5.72. The van der Waals surface area contributed by atoms with Crippen molar-refractivity contribution < 1.29 is 0 Å². The lowest BCUT2D eigenvalue weighted by atomic mass is 10.1. The van der Waals surface area contributed by atoms with Crippen LogP contribution in [0.5, 0.6) is 0 Å². The lowest BCUT2D eigenvalue weighted by Gasteiger charge is -2.07. The second kappa shape index (κ2) is 3.56. The number of nitrogens with zero attached hydrogens (tertiary/aromatic N) is 1. The molecule has 2 aliphatic carbocycles. The second-order valence-electron chi connectivity index (χ2n) is 4.46. The van der Waals surface area contributed by atoms with E-state index >= 15 is 0 Å². The summed E-state index contributed by atoms with van der Waals surface area (Å²) in [6, 6.07) is 0.625. The van der Waals surface area contributed by atoms with E-state index in [4.69, 9.17) is 5.73 Å². The predicted molar refractivity (Wildman–Crippen MR) is 54.5 cm³/mol. The van der Waals surface area contributed by atoms with E-state index in [9.17, 15) is 0 Å². The molecule has 74 valence electrons. The Balaban J connectivity index is 1.67. The SMILES string of the molecule is CC(CN=C(N)NC1CC1)C1CC1. The van der Waals surface area contributed by atoms with Crippen molar-refractivity contribution in [1.29, 1.82) is 0 Å². The summed E-state index contributed by atoms with van der Waals surface area (Å²) in [6.07, 6.45) is 5.31. The summed E-state index contributed by atoms with van der Waals surface area (Å²) in [6.45, 7) is 3.17. The lowest BCUT2D eigenvalue weighted by Crippen LogP contribution is -2.33. The van der Waals surface area contributed by atoms with Crippen molar-refractivity contribution in [2.45, 2.75) is 38.6 Å². The van der Waals surface area contributed by atoms with E-state index in [0.29, 0.717) is 12.0 Å². The van der Waals surface area contributed by atoms with Crippen LogP contribution in [0.3, 0.4) is 0 Å². The zero-order chi connectivity index (χ0) is 9.26. The Morgan fingerprint density at radius 2 is 2.15 bits per heavy atom. The number of guanidine groups is 1. The first-order chi connectivity index (χ1) is 6.25. The minimum atomic E-state index is 0.625. The van der Waals surface area contributed by atoms with Crippen molar-refractivity contribution in [2.75, 3.05) is 6.54 Å². The summed E-state index contributed by atoms with van der Waals surface area (Å²) < 4.78 is 0. The predicted octanol–water partition coefficient (Wildman–Crippen LogP) is 1.10. The molecule has 0 aromatic rings. The van der Waals surface area contributed by atoms with Gasteiger partial charge in [-0.05, 0) is 37.5 Å². The van der Waals surface area contributed by atoms with Gasteiger partial charge in [-0.2, -0.15) is 0 Å². The van der Waals surface area contributed by atoms with Crippen LogP contribution >= 0.6 is 0 Å². The second-order valence-corrected chi connectivity index (χ2v) is 4.46. The van der Waals surface area contributed by atoms with Crippen molar-refractivity contribution in [3.05, 3.63) is 0 Å². The third kappa shape index (κ3) is 2.90. The van der Waals surface area contributed by atoms with Crippen LogP contribution in [-0.4, -0.2) is 18.5 Å². The van der Waals surface area contributed by atoms with Gasteiger partial charge in [-0.1, -0.05) is 6.92 Å². The Morgan fingerprint density at radius 3 is 2.69 bits per heavy atom. The minimum absolute atomic E-state index is 0.625. The van der Waals surface area contributed by atoms with Crippen molar-refractivity contribution in [1.82, 2.24) is 5.32 Å². The van der Waals surface area contributed by atoms with Gasteiger partial charge in [-0.25, -0.2) is 0 Å². The molecule has 3 N–H and O–H groups in total. The molecule has 0 amide bonds. The highest BCUT2D eigenvalue weighted by atomic mass is 15.1. The summed E-state index contributed by atoms with van der Waals surface area (Å²) in [5.74, 6) is 2.30. The summed E-state index contributed by atoms with van der Waals surface area (Å²) in [5.41, 5.74) is 5.72. The van der Waals surface area contributed by atoms with Gasteiger partial charge in [0.1, 0.15) is 0 Å². The van der Waals surface area contributed by atoms with Crippen molar-refractivity contribution in [2.24, 2.45) is 22.6 Å². The minimum Gasteiger partial charge on any atom is -0.370 e. The van der Waals surface area contributed by atoms with Gasteiger partial charge in [0.15, 0.2) is 5.96 Å². The molecule has 1 atom stereocenters. The molecule has 0 aliphatic heterocycles. The zero-order valence-electron chi connectivity index (χ0n) is 8.29. The fourth-order valence-electron chi connectivity index (χ4n) is 1.54. The van der Waals surface area contributed by atoms with Gasteiger partial charge in [0, 0.05) is 12.6 Å². The maximum absolute atomic E-state index is 5.72. The first kappa shape index (κ1) is 8.85. The molecule has 0 aromatic heterocycles. The smallest absolute Gasteiger partial charge is 0.188 e. The van der Waals surface area contributed by atoms with Crippen molar-refractivity contribution >= 4 is 5.96 Å². The number of rotatable bonds is 4. The summed E-state index contributed by atoms with van der Waals surface area (Å²) in [5, 5.41) is 3.20. The Labute approximate surface area is 79.8 Å². The monoisotopic (exact) mass is 181 g/mol. The van der Waals surface area contributed by atoms with E-state index in [0.717, 1.165) is 18.4 Å². The number of hydrogen-bond donors (Lipinski definition) is 2. The number of aliphatic imine (C=N–C) groups is 1. The molecule has 13 heavy (non-hydrogen) atoms. The molecule has 0 aromatic carbocycles.